The number of esters is 1. The van der Waals surface area contributed by atoms with Gasteiger partial charge in [0.2, 0.25) is 0 Å². The van der Waals surface area contributed by atoms with Crippen molar-refractivity contribution in [2.24, 2.45) is 0 Å². The Hall–Kier alpha value is -0.890. The van der Waals surface area contributed by atoms with E-state index in [1.807, 2.05) is 0 Å². The molecule has 0 spiro atoms. The van der Waals surface area contributed by atoms with E-state index in [-0.39, 0.29) is 18.7 Å². The van der Waals surface area contributed by atoms with Gasteiger partial charge in [0, 0.05) is 12.1 Å². The van der Waals surface area contributed by atoms with Gasteiger partial charge in [-0.15, -0.1) is 0 Å². The number of alkyl halides is 3. The van der Waals surface area contributed by atoms with Crippen molar-refractivity contribution in [2.45, 2.75) is 12.4 Å². The molecular formula is C7H10F3NO3S. The monoisotopic (exact) mass is 245 g/mol. The highest BCUT2D eigenvalue weighted by Crippen LogP contribution is 2.17. The molecule has 88 valence electrons. The Morgan fingerprint density at radius 3 is 2.47 bits per heavy atom. The molecule has 15 heavy (non-hydrogen) atoms. The molecule has 1 unspecified atom stereocenters. The van der Waals surface area contributed by atoms with Crippen LogP contribution in [0.3, 0.4) is 0 Å². The largest absolute Gasteiger partial charge is 0.485 e. The van der Waals surface area contributed by atoms with Gasteiger partial charge in [-0.05, 0) is 6.92 Å². The van der Waals surface area contributed by atoms with Crippen LogP contribution in [0.25, 0.3) is 0 Å². The second-order valence-corrected chi connectivity index (χ2v) is 3.81. The Bertz CT molecular complexity index is 277. The Balaban J connectivity index is 3.69. The summed E-state index contributed by atoms with van der Waals surface area (Å²) in [6.45, 7) is 4.04. The lowest BCUT2D eigenvalue weighted by Crippen LogP contribution is -2.32. The number of ether oxygens (including phenoxy) is 1. The van der Waals surface area contributed by atoms with Crippen LogP contribution in [-0.2, 0) is 20.5 Å². The van der Waals surface area contributed by atoms with Gasteiger partial charge in [0.15, 0.2) is 11.0 Å². The van der Waals surface area contributed by atoms with Gasteiger partial charge >= 0.3 is 11.5 Å². The molecule has 0 bridgehead atoms. The Kier molecular flexibility index (Phi) is 5.51. The summed E-state index contributed by atoms with van der Waals surface area (Å²) in [5, 5.41) is 0. The summed E-state index contributed by atoms with van der Waals surface area (Å²) in [4.78, 5) is 10.7. The lowest BCUT2D eigenvalue weighted by Gasteiger charge is -2.07. The van der Waals surface area contributed by atoms with Crippen LogP contribution in [0.5, 0.6) is 0 Å². The van der Waals surface area contributed by atoms with E-state index in [4.69, 9.17) is 0 Å². The van der Waals surface area contributed by atoms with Crippen molar-refractivity contribution in [3.63, 3.8) is 0 Å². The summed E-state index contributed by atoms with van der Waals surface area (Å²) in [5.74, 6) is -0.699. The molecule has 0 amide bonds. The van der Waals surface area contributed by atoms with Gasteiger partial charge < -0.3 is 4.74 Å². The first kappa shape index (κ1) is 14.1. The zero-order valence-corrected chi connectivity index (χ0v) is 8.70. The second kappa shape index (κ2) is 5.86. The molecule has 0 saturated carbocycles. The van der Waals surface area contributed by atoms with E-state index in [0.717, 1.165) is 0 Å². The minimum Gasteiger partial charge on any atom is -0.461 e. The predicted octanol–water partition coefficient (Wildman–Crippen LogP) is 0.879. The maximum Gasteiger partial charge on any atom is 0.485 e. The van der Waals surface area contributed by atoms with Crippen molar-refractivity contribution >= 4 is 17.0 Å². The SMILES string of the molecule is C=C(C)C(=O)OCCNS(=O)C(F)(F)F. The smallest absolute Gasteiger partial charge is 0.461 e. The molecular weight excluding hydrogens is 235 g/mol. The van der Waals surface area contributed by atoms with Crippen LogP contribution < -0.4 is 4.72 Å². The molecule has 0 aliphatic rings. The van der Waals surface area contributed by atoms with Crippen molar-refractivity contribution < 1.29 is 26.9 Å². The average Bonchev–Trinajstić information content (AvgIpc) is 2.09. The first-order valence-electron chi connectivity index (χ1n) is 3.80. The fourth-order valence-corrected chi connectivity index (χ4v) is 0.916. The topological polar surface area (TPSA) is 55.4 Å². The quantitative estimate of drug-likeness (QED) is 0.444. The third-order valence-electron chi connectivity index (χ3n) is 1.13. The van der Waals surface area contributed by atoms with E-state index in [1.165, 1.54) is 6.92 Å². The number of halogens is 3. The van der Waals surface area contributed by atoms with Crippen molar-refractivity contribution in [1.82, 2.24) is 4.72 Å². The highest BCUT2D eigenvalue weighted by atomic mass is 32.2. The highest BCUT2D eigenvalue weighted by molar-refractivity contribution is 7.83. The van der Waals surface area contributed by atoms with Gasteiger partial charge in [-0.2, -0.15) is 13.2 Å². The summed E-state index contributed by atoms with van der Waals surface area (Å²) >= 11 is 0. The number of nitrogens with one attached hydrogen (secondary N) is 1. The lowest BCUT2D eigenvalue weighted by molar-refractivity contribution is -0.138. The number of carbonyl (C=O) groups excluding carboxylic acids is 1. The van der Waals surface area contributed by atoms with E-state index in [2.05, 4.69) is 11.3 Å². The Morgan fingerprint density at radius 1 is 1.53 bits per heavy atom. The fourth-order valence-electron chi connectivity index (χ4n) is 0.483. The van der Waals surface area contributed by atoms with Crippen LogP contribution in [0.1, 0.15) is 6.92 Å². The van der Waals surface area contributed by atoms with E-state index in [9.17, 15) is 22.2 Å². The molecule has 0 aliphatic carbocycles. The number of hydrogen-bond donors (Lipinski definition) is 1. The van der Waals surface area contributed by atoms with Crippen LogP contribution in [0.4, 0.5) is 13.2 Å². The molecule has 0 aromatic heterocycles. The maximum absolute atomic E-state index is 11.7. The molecule has 4 nitrogen and oxygen atoms in total. The lowest BCUT2D eigenvalue weighted by atomic mass is 10.4. The summed E-state index contributed by atoms with van der Waals surface area (Å²) < 4.78 is 51.5. The van der Waals surface area contributed by atoms with E-state index in [0.29, 0.717) is 0 Å². The van der Waals surface area contributed by atoms with Crippen LogP contribution in [0, 0.1) is 0 Å². The molecule has 1 N–H and O–H groups in total. The third kappa shape index (κ3) is 6.24. The van der Waals surface area contributed by atoms with Crippen molar-refractivity contribution in [1.29, 1.82) is 0 Å². The van der Waals surface area contributed by atoms with Gasteiger partial charge in [-0.1, -0.05) is 6.58 Å². The van der Waals surface area contributed by atoms with Gasteiger partial charge in [-0.25, -0.2) is 13.7 Å². The number of hydrogen-bond acceptors (Lipinski definition) is 3. The number of rotatable bonds is 5. The summed E-state index contributed by atoms with van der Waals surface area (Å²) in [5.41, 5.74) is -4.66. The minimum absolute atomic E-state index is 0.145. The molecule has 0 rings (SSSR count). The third-order valence-corrected chi connectivity index (χ3v) is 2.01. The van der Waals surface area contributed by atoms with Crippen molar-refractivity contribution in [2.75, 3.05) is 13.2 Å². The second-order valence-electron chi connectivity index (χ2n) is 2.53. The Labute approximate surface area is 87.1 Å². The zero-order valence-electron chi connectivity index (χ0n) is 7.89. The van der Waals surface area contributed by atoms with Gasteiger partial charge in [0.25, 0.3) is 0 Å². The Morgan fingerprint density at radius 2 is 2.07 bits per heavy atom. The van der Waals surface area contributed by atoms with E-state index in [1.54, 1.807) is 4.72 Å². The van der Waals surface area contributed by atoms with E-state index >= 15 is 0 Å². The van der Waals surface area contributed by atoms with Gasteiger partial charge in [-0.3, -0.25) is 0 Å². The van der Waals surface area contributed by atoms with E-state index < -0.39 is 22.5 Å². The summed E-state index contributed by atoms with van der Waals surface area (Å²) in [6, 6.07) is 0. The van der Waals surface area contributed by atoms with Crippen LogP contribution >= 0.6 is 0 Å². The average molecular weight is 245 g/mol. The molecule has 0 radical (unpaired) electrons. The molecule has 0 saturated heterocycles. The molecule has 0 fully saturated rings. The zero-order chi connectivity index (χ0) is 12.1. The van der Waals surface area contributed by atoms with Crippen molar-refractivity contribution in [3.8, 4) is 0 Å². The molecule has 0 aromatic carbocycles. The first-order valence-corrected chi connectivity index (χ1v) is 4.95. The molecule has 8 heteroatoms. The minimum atomic E-state index is -4.81. The fraction of sp³-hybridized carbons (Fsp3) is 0.571. The van der Waals surface area contributed by atoms with Crippen molar-refractivity contribution in [3.05, 3.63) is 12.2 Å². The van der Waals surface area contributed by atoms with Crippen LogP contribution in [-0.4, -0.2) is 28.8 Å². The number of carbonyl (C=O) groups is 1. The predicted molar refractivity (Wildman–Crippen MR) is 48.0 cm³/mol. The highest BCUT2D eigenvalue weighted by Gasteiger charge is 2.36. The van der Waals surface area contributed by atoms with Crippen LogP contribution in [0.2, 0.25) is 0 Å². The summed E-state index contributed by atoms with van der Waals surface area (Å²) in [6.07, 6.45) is 0. The molecule has 0 heterocycles. The standard InChI is InChI=1S/C7H10F3NO3S/c1-5(2)6(12)14-4-3-11-15(13)7(8,9)10/h11H,1,3-4H2,2H3. The maximum atomic E-state index is 11.7. The summed E-state index contributed by atoms with van der Waals surface area (Å²) in [7, 11) is -3.13. The molecule has 0 aliphatic heterocycles. The van der Waals surface area contributed by atoms with Gasteiger partial charge in [0.1, 0.15) is 6.61 Å². The molecule has 0 aromatic rings. The molecule has 1 atom stereocenters. The first-order chi connectivity index (χ1) is 6.75. The van der Waals surface area contributed by atoms with Crippen LogP contribution in [0.15, 0.2) is 12.2 Å². The normalized spacial score (nSPS) is 13.3. The van der Waals surface area contributed by atoms with Gasteiger partial charge in [0.05, 0.1) is 0 Å².